The lowest BCUT2D eigenvalue weighted by Gasteiger charge is -2.19. The largest absolute Gasteiger partial charge is 0.389 e. The van der Waals surface area contributed by atoms with Crippen LogP contribution < -0.4 is 0 Å². The molecule has 0 saturated heterocycles. The fourth-order valence-corrected chi connectivity index (χ4v) is 0.726. The topological polar surface area (TPSA) is 40.5 Å². The van der Waals surface area contributed by atoms with E-state index in [1.165, 1.54) is 6.08 Å². The van der Waals surface area contributed by atoms with Crippen LogP contribution in [-0.2, 0) is 0 Å². The van der Waals surface area contributed by atoms with Crippen molar-refractivity contribution in [3.8, 4) is 0 Å². The molecule has 2 N–H and O–H groups in total. The Morgan fingerprint density at radius 1 is 1.36 bits per heavy atom. The second-order valence-corrected chi connectivity index (χ2v) is 4.47. The number of alkyl halides is 3. The van der Waals surface area contributed by atoms with Crippen molar-refractivity contribution in [2.24, 2.45) is 0 Å². The minimum Gasteiger partial charge on any atom is -0.389 e. The van der Waals surface area contributed by atoms with Crippen LogP contribution >= 0.6 is 34.8 Å². The van der Waals surface area contributed by atoms with E-state index in [0.29, 0.717) is 0 Å². The van der Waals surface area contributed by atoms with Crippen LogP contribution in [-0.4, -0.2) is 26.2 Å². The third kappa shape index (κ3) is 4.88. The molecule has 0 heterocycles. The summed E-state index contributed by atoms with van der Waals surface area (Å²) < 4.78 is -1.75. The van der Waals surface area contributed by atoms with E-state index in [1.807, 2.05) is 0 Å². The number of hydrogen-bond donors (Lipinski definition) is 2. The molecule has 0 aromatic heterocycles. The predicted molar refractivity (Wildman–Crippen MR) is 47.1 cm³/mol. The van der Waals surface area contributed by atoms with Crippen LogP contribution in [0.5, 0.6) is 0 Å². The van der Waals surface area contributed by atoms with Gasteiger partial charge in [0, 0.05) is 6.42 Å². The number of hydrogen-bond acceptors (Lipinski definition) is 2. The van der Waals surface area contributed by atoms with E-state index in [-0.39, 0.29) is 6.42 Å². The van der Waals surface area contributed by atoms with Crippen LogP contribution in [0.4, 0.5) is 0 Å². The Bertz CT molecular complexity index is 132. The summed E-state index contributed by atoms with van der Waals surface area (Å²) in [6.07, 6.45) is -0.791. The first-order chi connectivity index (χ1) is 4.88. The Morgan fingerprint density at radius 3 is 2.09 bits per heavy atom. The summed E-state index contributed by atoms with van der Waals surface area (Å²) in [5, 5.41) is 18.0. The van der Waals surface area contributed by atoms with Gasteiger partial charge >= 0.3 is 0 Å². The molecule has 0 aliphatic heterocycles. The molecule has 0 spiro atoms. The van der Waals surface area contributed by atoms with Gasteiger partial charge in [-0.15, -0.1) is 6.58 Å². The van der Waals surface area contributed by atoms with Gasteiger partial charge in [0.1, 0.15) is 6.10 Å². The van der Waals surface area contributed by atoms with Crippen molar-refractivity contribution in [2.75, 3.05) is 0 Å². The van der Waals surface area contributed by atoms with Gasteiger partial charge in [0.05, 0.1) is 6.10 Å². The maximum Gasteiger partial charge on any atom is 0.216 e. The van der Waals surface area contributed by atoms with E-state index < -0.39 is 16.0 Å². The summed E-state index contributed by atoms with van der Waals surface area (Å²) in [5.74, 6) is 0. The van der Waals surface area contributed by atoms with Crippen molar-refractivity contribution < 1.29 is 10.2 Å². The van der Waals surface area contributed by atoms with Crippen LogP contribution in [0, 0.1) is 0 Å². The first-order valence-electron chi connectivity index (χ1n) is 2.93. The maximum absolute atomic E-state index is 9.08. The first-order valence-corrected chi connectivity index (χ1v) is 4.06. The van der Waals surface area contributed by atoms with Crippen molar-refractivity contribution >= 4 is 34.8 Å². The second kappa shape index (κ2) is 4.53. The molecule has 0 aromatic rings. The summed E-state index contributed by atoms with van der Waals surface area (Å²) in [7, 11) is 0. The molecule has 66 valence electrons. The maximum atomic E-state index is 9.08. The third-order valence-corrected chi connectivity index (χ3v) is 1.87. The standard InChI is InChI=1S/C6H9Cl3O2/c1-2-4(10)3-5(11)6(7,8)9/h2,4-5,10-11H,1,3H2/t4-,5+/m0/s1. The van der Waals surface area contributed by atoms with Crippen LogP contribution in [0.15, 0.2) is 12.7 Å². The highest BCUT2D eigenvalue weighted by atomic mass is 35.6. The highest BCUT2D eigenvalue weighted by Crippen LogP contribution is 2.32. The monoisotopic (exact) mass is 218 g/mol. The van der Waals surface area contributed by atoms with E-state index in [9.17, 15) is 0 Å². The molecule has 0 fully saturated rings. The van der Waals surface area contributed by atoms with E-state index in [0.717, 1.165) is 0 Å². The van der Waals surface area contributed by atoms with Crippen LogP contribution in [0.1, 0.15) is 6.42 Å². The van der Waals surface area contributed by atoms with Gasteiger partial charge in [-0.1, -0.05) is 40.9 Å². The molecule has 0 saturated carbocycles. The van der Waals surface area contributed by atoms with Crippen LogP contribution in [0.2, 0.25) is 0 Å². The molecular formula is C6H9Cl3O2. The molecule has 0 aliphatic rings. The Hall–Kier alpha value is 0.530. The van der Waals surface area contributed by atoms with Crippen molar-refractivity contribution in [3.63, 3.8) is 0 Å². The SMILES string of the molecule is C=C[C@H](O)C[C@@H](O)C(Cl)(Cl)Cl. The molecule has 0 unspecified atom stereocenters. The van der Waals surface area contributed by atoms with Gasteiger partial charge in [0.2, 0.25) is 3.79 Å². The van der Waals surface area contributed by atoms with E-state index in [1.54, 1.807) is 0 Å². The highest BCUT2D eigenvalue weighted by molar-refractivity contribution is 6.68. The minimum absolute atomic E-state index is 0.0278. The number of aliphatic hydroxyl groups is 2. The summed E-state index contributed by atoms with van der Waals surface area (Å²) in [6, 6.07) is 0. The first kappa shape index (κ1) is 11.5. The smallest absolute Gasteiger partial charge is 0.216 e. The zero-order valence-electron chi connectivity index (χ0n) is 5.67. The van der Waals surface area contributed by atoms with Crippen molar-refractivity contribution in [1.82, 2.24) is 0 Å². The molecule has 0 rings (SSSR count). The summed E-state index contributed by atoms with van der Waals surface area (Å²) in [5.41, 5.74) is 0. The zero-order valence-corrected chi connectivity index (χ0v) is 7.94. The number of halogens is 3. The lowest BCUT2D eigenvalue weighted by molar-refractivity contribution is 0.107. The van der Waals surface area contributed by atoms with Gasteiger partial charge in [0.25, 0.3) is 0 Å². The lowest BCUT2D eigenvalue weighted by Crippen LogP contribution is -2.28. The second-order valence-electron chi connectivity index (χ2n) is 2.10. The Balaban J connectivity index is 3.87. The molecule has 0 bridgehead atoms. The van der Waals surface area contributed by atoms with Gasteiger partial charge in [0.15, 0.2) is 0 Å². The molecule has 2 atom stereocenters. The molecule has 0 aromatic carbocycles. The average molecular weight is 219 g/mol. The fourth-order valence-electron chi connectivity index (χ4n) is 0.459. The average Bonchev–Trinajstić information content (AvgIpc) is 1.85. The summed E-state index contributed by atoms with van der Waals surface area (Å²) >= 11 is 16.0. The summed E-state index contributed by atoms with van der Waals surface area (Å²) in [4.78, 5) is 0. The van der Waals surface area contributed by atoms with Gasteiger partial charge < -0.3 is 10.2 Å². The quantitative estimate of drug-likeness (QED) is 0.560. The van der Waals surface area contributed by atoms with Gasteiger partial charge in [-0.25, -0.2) is 0 Å². The van der Waals surface area contributed by atoms with E-state index >= 15 is 0 Å². The predicted octanol–water partition coefficient (Wildman–Crippen LogP) is 1.65. The van der Waals surface area contributed by atoms with Gasteiger partial charge in [-0.2, -0.15) is 0 Å². The fraction of sp³-hybridized carbons (Fsp3) is 0.667. The minimum atomic E-state index is -1.75. The van der Waals surface area contributed by atoms with Gasteiger partial charge in [-0.3, -0.25) is 0 Å². The van der Waals surface area contributed by atoms with Gasteiger partial charge in [-0.05, 0) is 0 Å². The molecule has 0 amide bonds. The molecule has 0 aliphatic carbocycles. The number of rotatable bonds is 3. The lowest BCUT2D eigenvalue weighted by atomic mass is 10.2. The summed E-state index contributed by atoms with van der Waals surface area (Å²) in [6.45, 7) is 3.31. The Kier molecular flexibility index (Phi) is 4.75. The van der Waals surface area contributed by atoms with E-state index in [4.69, 9.17) is 45.0 Å². The van der Waals surface area contributed by atoms with E-state index in [2.05, 4.69) is 6.58 Å². The molecule has 11 heavy (non-hydrogen) atoms. The molecule has 0 radical (unpaired) electrons. The Morgan fingerprint density at radius 2 is 1.82 bits per heavy atom. The third-order valence-electron chi connectivity index (χ3n) is 1.11. The molecule has 2 nitrogen and oxygen atoms in total. The zero-order chi connectivity index (χ0) is 9.07. The highest BCUT2D eigenvalue weighted by Gasteiger charge is 2.31. The van der Waals surface area contributed by atoms with Crippen molar-refractivity contribution in [1.29, 1.82) is 0 Å². The molecular weight excluding hydrogens is 210 g/mol. The Labute approximate surface area is 80.4 Å². The van der Waals surface area contributed by atoms with Crippen molar-refractivity contribution in [2.45, 2.75) is 22.4 Å². The molecule has 5 heteroatoms. The van der Waals surface area contributed by atoms with Crippen LogP contribution in [0.25, 0.3) is 0 Å². The van der Waals surface area contributed by atoms with Crippen LogP contribution in [0.3, 0.4) is 0 Å². The van der Waals surface area contributed by atoms with Crippen molar-refractivity contribution in [3.05, 3.63) is 12.7 Å². The number of aliphatic hydroxyl groups excluding tert-OH is 2. The normalized spacial score (nSPS) is 17.5.